The predicted octanol–water partition coefficient (Wildman–Crippen LogP) is 3.43. The van der Waals surface area contributed by atoms with E-state index in [1.54, 1.807) is 11.3 Å². The monoisotopic (exact) mass is 339 g/mol. The van der Waals surface area contributed by atoms with Crippen molar-refractivity contribution < 1.29 is 0 Å². The summed E-state index contributed by atoms with van der Waals surface area (Å²) in [5, 5.41) is 2.08. The van der Waals surface area contributed by atoms with Gasteiger partial charge in [-0.3, -0.25) is 0 Å². The molecule has 5 heteroatoms. The third-order valence-electron chi connectivity index (χ3n) is 2.86. The molecule has 2 N–H and O–H groups in total. The average molecular weight is 340 g/mol. The van der Waals surface area contributed by atoms with E-state index in [0.717, 1.165) is 23.1 Å². The van der Waals surface area contributed by atoms with Crippen LogP contribution in [0.1, 0.15) is 18.2 Å². The fourth-order valence-electron chi connectivity index (χ4n) is 2.00. The van der Waals surface area contributed by atoms with Gasteiger partial charge in [-0.2, -0.15) is 0 Å². The molecule has 19 heavy (non-hydrogen) atoms. The van der Waals surface area contributed by atoms with Gasteiger partial charge in [-0.05, 0) is 47.0 Å². The lowest BCUT2D eigenvalue weighted by molar-refractivity contribution is 0.737. The van der Waals surface area contributed by atoms with Crippen LogP contribution in [0.15, 0.2) is 33.6 Å². The fraction of sp³-hybridized carbons (Fsp3) is 0.357. The summed E-state index contributed by atoms with van der Waals surface area (Å²) in [6.07, 6.45) is 0.898. The quantitative estimate of drug-likeness (QED) is 0.907. The summed E-state index contributed by atoms with van der Waals surface area (Å²) < 4.78 is 1.10. The zero-order valence-electron chi connectivity index (χ0n) is 11.1. The molecule has 0 bridgehead atoms. The van der Waals surface area contributed by atoms with Crippen LogP contribution in [0.2, 0.25) is 0 Å². The highest BCUT2D eigenvalue weighted by Gasteiger charge is 2.09. The Bertz CT molecular complexity index is 525. The molecule has 0 spiro atoms. The van der Waals surface area contributed by atoms with E-state index in [1.165, 1.54) is 11.3 Å². The molecule has 0 amide bonds. The molecule has 2 aromatic rings. The van der Waals surface area contributed by atoms with Crippen molar-refractivity contribution in [3.05, 3.63) is 44.8 Å². The molecule has 0 aliphatic heterocycles. The van der Waals surface area contributed by atoms with Gasteiger partial charge in [-0.1, -0.05) is 6.07 Å². The third-order valence-corrected chi connectivity index (χ3v) is 4.13. The lowest BCUT2D eigenvalue weighted by Crippen LogP contribution is -2.19. The van der Waals surface area contributed by atoms with Crippen LogP contribution in [-0.2, 0) is 13.0 Å². The first kappa shape index (κ1) is 14.5. The van der Waals surface area contributed by atoms with Crippen molar-refractivity contribution in [3.63, 3.8) is 0 Å². The van der Waals surface area contributed by atoms with Crippen LogP contribution >= 0.6 is 27.3 Å². The maximum absolute atomic E-state index is 5.83. The van der Waals surface area contributed by atoms with Gasteiger partial charge in [0.2, 0.25) is 0 Å². The predicted molar refractivity (Wildman–Crippen MR) is 85.7 cm³/mol. The van der Waals surface area contributed by atoms with Crippen LogP contribution in [-0.4, -0.2) is 18.1 Å². The standard InChI is InChI=1S/C14H18BrN3S/c1-10(16)5-11-3-4-14(13(15)6-11)18(2)7-12-8-19-9-17-12/h3-4,6,8-10H,5,7,16H2,1-2H3. The summed E-state index contributed by atoms with van der Waals surface area (Å²) in [7, 11) is 2.07. The molecule has 0 saturated heterocycles. The summed E-state index contributed by atoms with van der Waals surface area (Å²) >= 11 is 5.27. The highest BCUT2D eigenvalue weighted by Crippen LogP contribution is 2.28. The first-order valence-electron chi connectivity index (χ1n) is 6.18. The highest BCUT2D eigenvalue weighted by molar-refractivity contribution is 9.10. The van der Waals surface area contributed by atoms with E-state index in [9.17, 15) is 0 Å². The molecule has 0 fully saturated rings. The van der Waals surface area contributed by atoms with Crippen molar-refractivity contribution >= 4 is 33.0 Å². The van der Waals surface area contributed by atoms with Gasteiger partial charge in [0.05, 0.1) is 23.4 Å². The fourth-order valence-corrected chi connectivity index (χ4v) is 3.28. The Morgan fingerprint density at radius 1 is 1.47 bits per heavy atom. The summed E-state index contributed by atoms with van der Waals surface area (Å²) in [5.41, 5.74) is 11.2. The lowest BCUT2D eigenvalue weighted by atomic mass is 10.1. The van der Waals surface area contributed by atoms with Crippen LogP contribution < -0.4 is 10.6 Å². The van der Waals surface area contributed by atoms with Crippen LogP contribution in [0.3, 0.4) is 0 Å². The number of benzene rings is 1. The van der Waals surface area contributed by atoms with Crippen molar-refractivity contribution in [1.82, 2.24) is 4.98 Å². The summed E-state index contributed by atoms with van der Waals surface area (Å²) in [6.45, 7) is 2.84. The molecule has 2 rings (SSSR count). The van der Waals surface area contributed by atoms with Gasteiger partial charge in [-0.25, -0.2) is 4.98 Å². The Kier molecular flexibility index (Phi) is 4.96. The molecule has 0 aliphatic rings. The molecular formula is C14H18BrN3S. The van der Waals surface area contributed by atoms with E-state index in [2.05, 4.69) is 56.4 Å². The minimum Gasteiger partial charge on any atom is -0.368 e. The molecule has 0 saturated carbocycles. The number of aromatic nitrogens is 1. The minimum absolute atomic E-state index is 0.186. The lowest BCUT2D eigenvalue weighted by Gasteiger charge is -2.20. The maximum Gasteiger partial charge on any atom is 0.0795 e. The van der Waals surface area contributed by atoms with Gasteiger partial charge in [0.25, 0.3) is 0 Å². The normalized spacial score (nSPS) is 12.4. The summed E-state index contributed by atoms with van der Waals surface area (Å²) in [5.74, 6) is 0. The number of anilines is 1. The molecule has 0 aliphatic carbocycles. The third kappa shape index (κ3) is 4.03. The van der Waals surface area contributed by atoms with E-state index in [4.69, 9.17) is 5.73 Å². The Morgan fingerprint density at radius 2 is 2.26 bits per heavy atom. The second-order valence-electron chi connectivity index (χ2n) is 4.80. The number of rotatable bonds is 5. The molecular weight excluding hydrogens is 322 g/mol. The number of hydrogen-bond acceptors (Lipinski definition) is 4. The van der Waals surface area contributed by atoms with Gasteiger partial charge in [0, 0.05) is 22.9 Å². The number of nitrogens with two attached hydrogens (primary N) is 1. The molecule has 0 radical (unpaired) electrons. The van der Waals surface area contributed by atoms with Gasteiger partial charge in [-0.15, -0.1) is 11.3 Å². The molecule has 3 nitrogen and oxygen atoms in total. The zero-order chi connectivity index (χ0) is 13.8. The summed E-state index contributed by atoms with van der Waals surface area (Å²) in [4.78, 5) is 6.50. The van der Waals surface area contributed by atoms with Crippen LogP contribution in [0.4, 0.5) is 5.69 Å². The first-order valence-corrected chi connectivity index (χ1v) is 7.92. The van der Waals surface area contributed by atoms with Crippen molar-refractivity contribution in [2.45, 2.75) is 25.9 Å². The molecule has 1 heterocycles. The largest absolute Gasteiger partial charge is 0.368 e. The molecule has 1 aromatic carbocycles. The molecule has 1 unspecified atom stereocenters. The van der Waals surface area contributed by atoms with Crippen LogP contribution in [0.25, 0.3) is 0 Å². The van der Waals surface area contributed by atoms with Gasteiger partial charge in [0.1, 0.15) is 0 Å². The average Bonchev–Trinajstić information content (AvgIpc) is 2.80. The van der Waals surface area contributed by atoms with E-state index in [-0.39, 0.29) is 6.04 Å². The SMILES string of the molecule is CC(N)Cc1ccc(N(C)Cc2cscn2)c(Br)c1. The van der Waals surface area contributed by atoms with Crippen molar-refractivity contribution in [3.8, 4) is 0 Å². The topological polar surface area (TPSA) is 42.1 Å². The van der Waals surface area contributed by atoms with E-state index >= 15 is 0 Å². The summed E-state index contributed by atoms with van der Waals surface area (Å²) in [6, 6.07) is 6.61. The minimum atomic E-state index is 0.186. The zero-order valence-corrected chi connectivity index (χ0v) is 13.5. The number of halogens is 1. The van der Waals surface area contributed by atoms with Gasteiger partial charge in [0.15, 0.2) is 0 Å². The van der Waals surface area contributed by atoms with E-state index in [1.807, 2.05) is 12.4 Å². The van der Waals surface area contributed by atoms with Crippen molar-refractivity contribution in [2.75, 3.05) is 11.9 Å². The Morgan fingerprint density at radius 3 is 2.84 bits per heavy atom. The molecule has 102 valence electrons. The smallest absolute Gasteiger partial charge is 0.0795 e. The van der Waals surface area contributed by atoms with Crippen LogP contribution in [0.5, 0.6) is 0 Å². The number of nitrogens with zero attached hydrogens (tertiary/aromatic N) is 2. The van der Waals surface area contributed by atoms with Gasteiger partial charge < -0.3 is 10.6 Å². The van der Waals surface area contributed by atoms with E-state index < -0.39 is 0 Å². The second kappa shape index (κ2) is 6.50. The van der Waals surface area contributed by atoms with Crippen molar-refractivity contribution in [1.29, 1.82) is 0 Å². The number of hydrogen-bond donors (Lipinski definition) is 1. The Hall–Kier alpha value is -0.910. The Labute approximate surface area is 126 Å². The van der Waals surface area contributed by atoms with Crippen LogP contribution in [0, 0.1) is 0 Å². The highest BCUT2D eigenvalue weighted by atomic mass is 79.9. The molecule has 1 atom stereocenters. The molecule has 1 aromatic heterocycles. The second-order valence-corrected chi connectivity index (χ2v) is 6.38. The van der Waals surface area contributed by atoms with Gasteiger partial charge >= 0.3 is 0 Å². The first-order chi connectivity index (χ1) is 9.06. The van der Waals surface area contributed by atoms with E-state index in [0.29, 0.717) is 0 Å². The maximum atomic E-state index is 5.83. The Balaban J connectivity index is 2.11. The van der Waals surface area contributed by atoms with Crippen molar-refractivity contribution in [2.24, 2.45) is 5.73 Å². The number of thiazole rings is 1.